The highest BCUT2D eigenvalue weighted by atomic mass is 35.5. The summed E-state index contributed by atoms with van der Waals surface area (Å²) in [7, 11) is -4.08. The van der Waals surface area contributed by atoms with E-state index in [9.17, 15) is 12.8 Å². The zero-order chi connectivity index (χ0) is 15.8. The van der Waals surface area contributed by atoms with Crippen LogP contribution < -0.4 is 10.5 Å². The van der Waals surface area contributed by atoms with E-state index >= 15 is 0 Å². The second-order valence-electron chi connectivity index (χ2n) is 4.26. The number of hydrogen-bond acceptors (Lipinski definition) is 4. The Bertz CT molecular complexity index is 812. The lowest BCUT2D eigenvalue weighted by atomic mass is 10.3. The maximum absolute atomic E-state index is 13.2. The fourth-order valence-corrected chi connectivity index (χ4v) is 3.39. The van der Waals surface area contributed by atoms with Crippen molar-refractivity contribution in [1.29, 1.82) is 0 Å². The second-order valence-corrected chi connectivity index (χ2v) is 6.68. The number of nitrogen functional groups attached to an aromatic ring is 1. The van der Waals surface area contributed by atoms with Crippen molar-refractivity contribution in [1.82, 2.24) is 4.98 Å². The number of benzene rings is 1. The average molecular weight is 350 g/mol. The van der Waals surface area contributed by atoms with Gasteiger partial charge in [-0.3, -0.25) is 4.72 Å². The lowest BCUT2D eigenvalue weighted by molar-refractivity contribution is 0.600. The van der Waals surface area contributed by atoms with Crippen molar-refractivity contribution in [2.24, 2.45) is 0 Å². The van der Waals surface area contributed by atoms with E-state index in [0.29, 0.717) is 5.56 Å². The first-order chi connectivity index (χ1) is 9.70. The van der Waals surface area contributed by atoms with Gasteiger partial charge in [-0.15, -0.1) is 0 Å². The summed E-state index contributed by atoms with van der Waals surface area (Å²) in [4.78, 5) is 3.48. The Morgan fingerprint density at radius 2 is 1.95 bits per heavy atom. The number of nitrogens with zero attached hydrogens (tertiary/aromatic N) is 1. The van der Waals surface area contributed by atoms with Gasteiger partial charge in [0, 0.05) is 6.20 Å². The van der Waals surface area contributed by atoms with Crippen molar-refractivity contribution < 1.29 is 12.8 Å². The number of sulfonamides is 1. The van der Waals surface area contributed by atoms with Gasteiger partial charge in [0.15, 0.2) is 5.15 Å². The molecule has 1 aromatic carbocycles. The van der Waals surface area contributed by atoms with Crippen LogP contribution in [0.15, 0.2) is 29.3 Å². The van der Waals surface area contributed by atoms with Crippen LogP contribution in [-0.4, -0.2) is 13.4 Å². The molecule has 9 heteroatoms. The Labute approximate surface area is 130 Å². The molecule has 5 nitrogen and oxygen atoms in total. The number of nitrogens with two attached hydrogens (primary N) is 1. The summed E-state index contributed by atoms with van der Waals surface area (Å²) in [6.45, 7) is 1.73. The molecule has 1 aromatic heterocycles. The minimum atomic E-state index is -4.08. The number of hydrogen-bond donors (Lipinski definition) is 2. The smallest absolute Gasteiger partial charge is 0.263 e. The van der Waals surface area contributed by atoms with Gasteiger partial charge in [0.1, 0.15) is 10.7 Å². The van der Waals surface area contributed by atoms with E-state index in [1.54, 1.807) is 6.92 Å². The van der Waals surface area contributed by atoms with Gasteiger partial charge in [-0.2, -0.15) is 0 Å². The zero-order valence-electron chi connectivity index (χ0n) is 10.7. The van der Waals surface area contributed by atoms with Crippen LogP contribution in [0.25, 0.3) is 0 Å². The van der Waals surface area contributed by atoms with Crippen LogP contribution in [0.2, 0.25) is 10.2 Å². The third kappa shape index (κ3) is 3.37. The first-order valence-corrected chi connectivity index (χ1v) is 7.84. The summed E-state index contributed by atoms with van der Waals surface area (Å²) in [6.07, 6.45) is 1.49. The molecule has 0 atom stereocenters. The molecule has 0 saturated carbocycles. The predicted octanol–water partition coefficient (Wildman–Crippen LogP) is 3.22. The van der Waals surface area contributed by atoms with Gasteiger partial charge in [-0.25, -0.2) is 17.8 Å². The summed E-state index contributed by atoms with van der Waals surface area (Å²) < 4.78 is 40.1. The molecule has 0 aliphatic heterocycles. The molecule has 0 bridgehead atoms. The van der Waals surface area contributed by atoms with E-state index in [2.05, 4.69) is 9.71 Å². The van der Waals surface area contributed by atoms with Gasteiger partial charge < -0.3 is 5.73 Å². The quantitative estimate of drug-likeness (QED) is 0.658. The molecular formula is C12H10Cl2FN3O2S. The van der Waals surface area contributed by atoms with E-state index in [-0.39, 0.29) is 26.4 Å². The second kappa shape index (κ2) is 5.67. The Morgan fingerprint density at radius 3 is 2.62 bits per heavy atom. The number of nitrogens with one attached hydrogen (secondary N) is 1. The van der Waals surface area contributed by atoms with E-state index in [0.717, 1.165) is 12.1 Å². The SMILES string of the molecule is Cc1cnc(Cl)c(NS(=O)(=O)c2cc(N)c(F)cc2Cl)c1. The fourth-order valence-electron chi connectivity index (χ4n) is 1.57. The summed E-state index contributed by atoms with van der Waals surface area (Å²) in [6, 6.07) is 3.28. The zero-order valence-corrected chi connectivity index (χ0v) is 13.0. The summed E-state index contributed by atoms with van der Waals surface area (Å²) >= 11 is 11.6. The summed E-state index contributed by atoms with van der Waals surface area (Å²) in [5.41, 5.74) is 5.85. The maximum Gasteiger partial charge on any atom is 0.263 e. The van der Waals surface area contributed by atoms with Crippen molar-refractivity contribution in [3.63, 3.8) is 0 Å². The normalized spacial score (nSPS) is 11.4. The van der Waals surface area contributed by atoms with E-state index in [4.69, 9.17) is 28.9 Å². The Hall–Kier alpha value is -1.57. The van der Waals surface area contributed by atoms with Gasteiger partial charge in [0.05, 0.1) is 16.4 Å². The molecule has 0 aliphatic carbocycles. The Balaban J connectivity index is 2.48. The lowest BCUT2D eigenvalue weighted by Gasteiger charge is -2.11. The molecule has 1 heterocycles. The molecule has 0 saturated heterocycles. The maximum atomic E-state index is 13.2. The number of anilines is 2. The number of aromatic nitrogens is 1. The average Bonchev–Trinajstić information content (AvgIpc) is 2.37. The van der Waals surface area contributed by atoms with Crippen molar-refractivity contribution in [3.8, 4) is 0 Å². The molecule has 2 rings (SSSR count). The number of halogens is 3. The van der Waals surface area contributed by atoms with E-state index in [1.807, 2.05) is 0 Å². The van der Waals surface area contributed by atoms with Crippen LogP contribution in [0.3, 0.4) is 0 Å². The molecule has 2 aromatic rings. The third-order valence-electron chi connectivity index (χ3n) is 2.56. The standard InChI is InChI=1S/C12H10Cl2FN3O2S/c1-6-2-10(12(14)17-5-6)18-21(19,20)11-4-9(16)8(15)3-7(11)13/h2-5,18H,16H2,1H3. The van der Waals surface area contributed by atoms with Crippen molar-refractivity contribution in [2.75, 3.05) is 10.5 Å². The first kappa shape index (κ1) is 15.8. The minimum Gasteiger partial charge on any atom is -0.396 e. The first-order valence-electron chi connectivity index (χ1n) is 5.60. The van der Waals surface area contributed by atoms with Gasteiger partial charge in [0.25, 0.3) is 10.0 Å². The molecule has 0 unspecified atom stereocenters. The van der Waals surface area contributed by atoms with Crippen molar-refractivity contribution >= 4 is 44.6 Å². The Morgan fingerprint density at radius 1 is 1.29 bits per heavy atom. The topological polar surface area (TPSA) is 85.1 Å². The number of pyridine rings is 1. The highest BCUT2D eigenvalue weighted by Crippen LogP contribution is 2.29. The molecule has 0 amide bonds. The molecule has 0 fully saturated rings. The van der Waals surface area contributed by atoms with Crippen LogP contribution in [0, 0.1) is 12.7 Å². The van der Waals surface area contributed by atoms with Crippen LogP contribution in [0.1, 0.15) is 5.56 Å². The molecule has 0 aliphatic rings. The summed E-state index contributed by atoms with van der Waals surface area (Å²) in [5.74, 6) is -0.797. The number of aryl methyl sites for hydroxylation is 1. The van der Waals surface area contributed by atoms with Crippen LogP contribution in [0.5, 0.6) is 0 Å². The fraction of sp³-hybridized carbons (Fsp3) is 0.0833. The molecule has 112 valence electrons. The highest BCUT2D eigenvalue weighted by molar-refractivity contribution is 7.92. The predicted molar refractivity (Wildman–Crippen MR) is 80.6 cm³/mol. The van der Waals surface area contributed by atoms with Crippen LogP contribution in [-0.2, 0) is 10.0 Å². The van der Waals surface area contributed by atoms with Crippen LogP contribution in [0.4, 0.5) is 15.8 Å². The Kier molecular flexibility index (Phi) is 4.27. The lowest BCUT2D eigenvalue weighted by Crippen LogP contribution is -2.15. The molecule has 0 radical (unpaired) electrons. The molecule has 0 spiro atoms. The van der Waals surface area contributed by atoms with E-state index < -0.39 is 15.8 Å². The van der Waals surface area contributed by atoms with Crippen molar-refractivity contribution in [2.45, 2.75) is 11.8 Å². The highest BCUT2D eigenvalue weighted by Gasteiger charge is 2.21. The van der Waals surface area contributed by atoms with Gasteiger partial charge in [-0.05, 0) is 30.7 Å². The van der Waals surface area contributed by atoms with Crippen LogP contribution >= 0.6 is 23.2 Å². The number of rotatable bonds is 3. The van der Waals surface area contributed by atoms with Gasteiger partial charge in [-0.1, -0.05) is 23.2 Å². The summed E-state index contributed by atoms with van der Waals surface area (Å²) in [5, 5.41) is -0.304. The van der Waals surface area contributed by atoms with E-state index in [1.165, 1.54) is 12.3 Å². The monoisotopic (exact) mass is 349 g/mol. The van der Waals surface area contributed by atoms with Gasteiger partial charge >= 0.3 is 0 Å². The third-order valence-corrected chi connectivity index (χ3v) is 4.69. The molecule has 3 N–H and O–H groups in total. The van der Waals surface area contributed by atoms with Crippen molar-refractivity contribution in [3.05, 3.63) is 46.0 Å². The van der Waals surface area contributed by atoms with Gasteiger partial charge in [0.2, 0.25) is 0 Å². The molecule has 21 heavy (non-hydrogen) atoms. The minimum absolute atomic E-state index is 0.0182. The molecular weight excluding hydrogens is 340 g/mol. The largest absolute Gasteiger partial charge is 0.396 e.